The first-order valence-electron chi connectivity index (χ1n) is 7.61. The Labute approximate surface area is 137 Å². The number of carbonyl (C=O) groups is 2. The highest BCUT2D eigenvalue weighted by Gasteiger charge is 2.15. The van der Waals surface area contributed by atoms with Crippen LogP contribution in [0.4, 0.5) is 5.69 Å². The Balaban J connectivity index is 1.93. The minimum atomic E-state index is -0.285. The van der Waals surface area contributed by atoms with Crippen molar-refractivity contribution < 1.29 is 9.59 Å². The average Bonchev–Trinajstić information content (AvgIpc) is 2.52. The summed E-state index contributed by atoms with van der Waals surface area (Å²) in [4.78, 5) is 25.9. The predicted octanol–water partition coefficient (Wildman–Crippen LogP) is 3.29. The Bertz CT molecular complexity index is 676. The first-order chi connectivity index (χ1) is 11.0. The molecule has 2 amide bonds. The van der Waals surface area contributed by atoms with Crippen molar-refractivity contribution in [2.24, 2.45) is 0 Å². The molecule has 0 saturated carbocycles. The normalized spacial score (nSPS) is 10.2. The molecular weight excluding hydrogens is 288 g/mol. The zero-order valence-electron chi connectivity index (χ0n) is 13.8. The molecule has 1 N–H and O–H groups in total. The molecule has 0 unspecified atom stereocenters. The van der Waals surface area contributed by atoms with Gasteiger partial charge in [-0.3, -0.25) is 9.59 Å². The summed E-state index contributed by atoms with van der Waals surface area (Å²) in [6.45, 7) is 4.37. The molecule has 0 aliphatic carbocycles. The van der Waals surface area contributed by atoms with Gasteiger partial charge in [0.05, 0.1) is 0 Å². The topological polar surface area (TPSA) is 49.4 Å². The number of hydrogen-bond donors (Lipinski definition) is 1. The van der Waals surface area contributed by atoms with Crippen molar-refractivity contribution in [2.45, 2.75) is 26.8 Å². The van der Waals surface area contributed by atoms with Gasteiger partial charge in [0.2, 0.25) is 11.8 Å². The largest absolute Gasteiger partial charge is 0.341 e. The molecule has 0 spiro atoms. The van der Waals surface area contributed by atoms with Gasteiger partial charge in [0.1, 0.15) is 6.42 Å². The van der Waals surface area contributed by atoms with Gasteiger partial charge in [0, 0.05) is 19.3 Å². The Morgan fingerprint density at radius 3 is 2.17 bits per heavy atom. The molecule has 0 aliphatic heterocycles. The quantitative estimate of drug-likeness (QED) is 0.862. The van der Waals surface area contributed by atoms with E-state index >= 15 is 0 Å². The highest BCUT2D eigenvalue weighted by atomic mass is 16.2. The molecule has 4 nitrogen and oxygen atoms in total. The van der Waals surface area contributed by atoms with Crippen molar-refractivity contribution in [1.29, 1.82) is 0 Å². The minimum absolute atomic E-state index is 0.156. The molecule has 2 aromatic carbocycles. The van der Waals surface area contributed by atoms with E-state index in [0.29, 0.717) is 6.54 Å². The maximum absolute atomic E-state index is 12.2. The third-order valence-corrected chi connectivity index (χ3v) is 3.75. The number of anilines is 1. The first kappa shape index (κ1) is 16.7. The lowest BCUT2D eigenvalue weighted by molar-refractivity contribution is -0.134. The van der Waals surface area contributed by atoms with Crippen molar-refractivity contribution in [3.05, 3.63) is 65.2 Å². The van der Waals surface area contributed by atoms with Crippen LogP contribution in [-0.2, 0) is 16.1 Å². The van der Waals surface area contributed by atoms with Gasteiger partial charge < -0.3 is 10.2 Å². The molecule has 120 valence electrons. The number of rotatable bonds is 5. The molecular formula is C19H22N2O2. The molecule has 2 rings (SSSR count). The highest BCUT2D eigenvalue weighted by Crippen LogP contribution is 2.19. The van der Waals surface area contributed by atoms with Crippen LogP contribution in [0.25, 0.3) is 0 Å². The summed E-state index contributed by atoms with van der Waals surface area (Å²) < 4.78 is 0. The summed E-state index contributed by atoms with van der Waals surface area (Å²) in [5.41, 5.74) is 3.81. The smallest absolute Gasteiger partial charge is 0.233 e. The van der Waals surface area contributed by atoms with E-state index in [1.807, 2.05) is 62.4 Å². The van der Waals surface area contributed by atoms with Gasteiger partial charge >= 0.3 is 0 Å². The summed E-state index contributed by atoms with van der Waals surface area (Å²) >= 11 is 0. The second-order valence-corrected chi connectivity index (χ2v) is 5.73. The summed E-state index contributed by atoms with van der Waals surface area (Å²) in [5.74, 6) is -0.482. The zero-order valence-corrected chi connectivity index (χ0v) is 13.8. The molecule has 0 heterocycles. The van der Waals surface area contributed by atoms with Crippen LogP contribution in [0.5, 0.6) is 0 Å². The maximum Gasteiger partial charge on any atom is 0.233 e. The van der Waals surface area contributed by atoms with Crippen LogP contribution < -0.4 is 5.32 Å². The molecule has 4 heteroatoms. The molecule has 0 radical (unpaired) electrons. The summed E-state index contributed by atoms with van der Waals surface area (Å²) in [6, 6.07) is 15.5. The molecule has 0 atom stereocenters. The number of hydrogen-bond acceptors (Lipinski definition) is 2. The van der Waals surface area contributed by atoms with E-state index in [2.05, 4.69) is 5.32 Å². The van der Waals surface area contributed by atoms with E-state index in [4.69, 9.17) is 0 Å². The van der Waals surface area contributed by atoms with Crippen LogP contribution >= 0.6 is 0 Å². The van der Waals surface area contributed by atoms with E-state index in [1.54, 1.807) is 11.9 Å². The number of amides is 2. The number of aryl methyl sites for hydroxylation is 2. The summed E-state index contributed by atoms with van der Waals surface area (Å²) in [7, 11) is 1.71. The first-order valence-corrected chi connectivity index (χ1v) is 7.61. The van der Waals surface area contributed by atoms with Gasteiger partial charge in [-0.25, -0.2) is 0 Å². The zero-order chi connectivity index (χ0) is 16.8. The Morgan fingerprint density at radius 2 is 1.57 bits per heavy atom. The lowest BCUT2D eigenvalue weighted by atomic mass is 10.1. The Hall–Kier alpha value is -2.62. The Kier molecular flexibility index (Phi) is 5.52. The highest BCUT2D eigenvalue weighted by molar-refractivity contribution is 6.04. The molecule has 0 aliphatic rings. The van der Waals surface area contributed by atoms with E-state index < -0.39 is 0 Å². The van der Waals surface area contributed by atoms with Crippen molar-refractivity contribution in [3.8, 4) is 0 Å². The SMILES string of the molecule is Cc1cccc(C)c1NC(=O)CC(=O)N(C)Cc1ccccc1. The number of benzene rings is 2. The second-order valence-electron chi connectivity index (χ2n) is 5.73. The fourth-order valence-electron chi connectivity index (χ4n) is 2.41. The summed E-state index contributed by atoms with van der Waals surface area (Å²) in [5, 5.41) is 2.84. The van der Waals surface area contributed by atoms with Gasteiger partial charge in [0.15, 0.2) is 0 Å². The molecule has 0 bridgehead atoms. The van der Waals surface area contributed by atoms with Gasteiger partial charge in [-0.2, -0.15) is 0 Å². The molecule has 23 heavy (non-hydrogen) atoms. The van der Waals surface area contributed by atoms with Gasteiger partial charge in [-0.1, -0.05) is 48.5 Å². The maximum atomic E-state index is 12.2. The average molecular weight is 310 g/mol. The van der Waals surface area contributed by atoms with E-state index in [-0.39, 0.29) is 18.2 Å². The van der Waals surface area contributed by atoms with Gasteiger partial charge in [-0.15, -0.1) is 0 Å². The minimum Gasteiger partial charge on any atom is -0.341 e. The molecule has 0 aromatic heterocycles. The van der Waals surface area contributed by atoms with Crippen LogP contribution in [0, 0.1) is 13.8 Å². The third kappa shape index (κ3) is 4.68. The Morgan fingerprint density at radius 1 is 0.957 bits per heavy atom. The van der Waals surface area contributed by atoms with Crippen molar-refractivity contribution in [2.75, 3.05) is 12.4 Å². The number of para-hydroxylation sites is 1. The van der Waals surface area contributed by atoms with Gasteiger partial charge in [0.25, 0.3) is 0 Å². The molecule has 2 aromatic rings. The lowest BCUT2D eigenvalue weighted by Gasteiger charge is -2.17. The standard InChI is InChI=1S/C19H22N2O2/c1-14-8-7-9-15(2)19(14)20-17(22)12-18(23)21(3)13-16-10-5-4-6-11-16/h4-11H,12-13H2,1-3H3,(H,20,22). The summed E-state index contributed by atoms with van der Waals surface area (Å²) in [6.07, 6.45) is -0.156. The van der Waals surface area contributed by atoms with E-state index in [1.165, 1.54) is 0 Å². The van der Waals surface area contributed by atoms with Gasteiger partial charge in [-0.05, 0) is 30.5 Å². The van der Waals surface area contributed by atoms with Crippen LogP contribution in [-0.4, -0.2) is 23.8 Å². The van der Waals surface area contributed by atoms with Crippen LogP contribution in [0.15, 0.2) is 48.5 Å². The molecule has 0 saturated heterocycles. The number of carbonyl (C=O) groups excluding carboxylic acids is 2. The number of nitrogens with zero attached hydrogens (tertiary/aromatic N) is 1. The third-order valence-electron chi connectivity index (χ3n) is 3.75. The van der Waals surface area contributed by atoms with E-state index in [0.717, 1.165) is 22.4 Å². The fourth-order valence-corrected chi connectivity index (χ4v) is 2.41. The van der Waals surface area contributed by atoms with Crippen molar-refractivity contribution in [3.63, 3.8) is 0 Å². The predicted molar refractivity (Wildman–Crippen MR) is 92.1 cm³/mol. The monoisotopic (exact) mass is 310 g/mol. The van der Waals surface area contributed by atoms with Crippen LogP contribution in [0.1, 0.15) is 23.1 Å². The van der Waals surface area contributed by atoms with Crippen LogP contribution in [0.3, 0.4) is 0 Å². The molecule has 0 fully saturated rings. The fraction of sp³-hybridized carbons (Fsp3) is 0.263. The van der Waals surface area contributed by atoms with Crippen molar-refractivity contribution in [1.82, 2.24) is 4.90 Å². The second kappa shape index (κ2) is 7.58. The number of nitrogens with one attached hydrogen (secondary N) is 1. The van der Waals surface area contributed by atoms with Crippen LogP contribution in [0.2, 0.25) is 0 Å². The van der Waals surface area contributed by atoms with E-state index in [9.17, 15) is 9.59 Å². The van der Waals surface area contributed by atoms with Crippen molar-refractivity contribution >= 4 is 17.5 Å². The lowest BCUT2D eigenvalue weighted by Crippen LogP contribution is -2.30.